The van der Waals surface area contributed by atoms with Gasteiger partial charge in [0.1, 0.15) is 0 Å². The smallest absolute Gasteiger partial charge is 0.151 e. The zero-order chi connectivity index (χ0) is 11.7. The van der Waals surface area contributed by atoms with Crippen LogP contribution in [0, 0.1) is 5.82 Å². The summed E-state index contributed by atoms with van der Waals surface area (Å²) in [6.07, 6.45) is 0. The third-order valence-corrected chi connectivity index (χ3v) is 4.56. The quantitative estimate of drug-likeness (QED) is 0.814. The Balaban J connectivity index is 2.52. The summed E-state index contributed by atoms with van der Waals surface area (Å²) in [6.45, 7) is 0.469. The van der Waals surface area contributed by atoms with Gasteiger partial charge in [0, 0.05) is 26.3 Å². The highest BCUT2D eigenvalue weighted by Crippen LogP contribution is 2.36. The molecule has 0 aliphatic rings. The first-order valence-electron chi connectivity index (χ1n) is 4.56. The molecule has 16 heavy (non-hydrogen) atoms. The minimum atomic E-state index is -0.401. The largest absolute Gasteiger partial charge is 0.326 e. The summed E-state index contributed by atoms with van der Waals surface area (Å²) in [6, 6.07) is 7.20. The van der Waals surface area contributed by atoms with Crippen molar-refractivity contribution in [1.29, 1.82) is 0 Å². The summed E-state index contributed by atoms with van der Waals surface area (Å²) in [5, 5.41) is 0.111. The Morgan fingerprint density at radius 2 is 2.06 bits per heavy atom. The summed E-state index contributed by atoms with van der Waals surface area (Å²) in [4.78, 5) is 1.86. The molecule has 0 saturated heterocycles. The number of rotatable bonds is 2. The van der Waals surface area contributed by atoms with E-state index in [4.69, 9.17) is 17.3 Å². The highest BCUT2D eigenvalue weighted by atomic mass is 79.9. The number of thiophene rings is 1. The molecule has 0 amide bonds. The monoisotopic (exact) mass is 319 g/mol. The number of benzene rings is 1. The Labute approximate surface area is 110 Å². The first kappa shape index (κ1) is 12.0. The number of nitrogens with two attached hydrogens (primary N) is 1. The summed E-state index contributed by atoms with van der Waals surface area (Å²) in [5.41, 5.74) is 6.03. The zero-order valence-corrected chi connectivity index (χ0v) is 11.3. The van der Waals surface area contributed by atoms with Crippen LogP contribution < -0.4 is 5.73 Å². The molecule has 0 aliphatic heterocycles. The lowest BCUT2D eigenvalue weighted by atomic mass is 10.2. The van der Waals surface area contributed by atoms with E-state index in [2.05, 4.69) is 15.9 Å². The first-order chi connectivity index (χ1) is 7.63. The van der Waals surface area contributed by atoms with Crippen LogP contribution in [-0.2, 0) is 6.54 Å². The van der Waals surface area contributed by atoms with Crippen LogP contribution in [0.15, 0.2) is 28.7 Å². The van der Waals surface area contributed by atoms with E-state index in [0.717, 1.165) is 9.75 Å². The van der Waals surface area contributed by atoms with Gasteiger partial charge in [-0.05, 0) is 40.2 Å². The molecule has 0 atom stereocenters. The van der Waals surface area contributed by atoms with Crippen LogP contribution in [0.1, 0.15) is 4.88 Å². The van der Waals surface area contributed by atoms with E-state index in [1.165, 1.54) is 11.3 Å². The molecule has 0 spiro atoms. The van der Waals surface area contributed by atoms with Crippen molar-refractivity contribution in [3.63, 3.8) is 0 Å². The van der Waals surface area contributed by atoms with Crippen molar-refractivity contribution in [3.8, 4) is 10.4 Å². The Morgan fingerprint density at radius 1 is 1.31 bits per heavy atom. The minimum Gasteiger partial charge on any atom is -0.326 e. The van der Waals surface area contributed by atoms with Crippen molar-refractivity contribution >= 4 is 38.9 Å². The maximum Gasteiger partial charge on any atom is 0.151 e. The second-order valence-corrected chi connectivity index (χ2v) is 5.59. The molecular weight excluding hydrogens is 313 g/mol. The highest BCUT2D eigenvalue weighted by Gasteiger charge is 2.13. The molecule has 2 rings (SSSR count). The lowest BCUT2D eigenvalue weighted by molar-refractivity contribution is 0.631. The minimum absolute atomic E-state index is 0.111. The molecule has 5 heteroatoms. The maximum absolute atomic E-state index is 13.9. The van der Waals surface area contributed by atoms with Gasteiger partial charge in [-0.3, -0.25) is 0 Å². The standard InChI is InChI=1S/C11H8BrClFNS/c12-8-3-2-7(11(14)10(8)13)9-4-1-6(5-15)16-9/h1-4H,5,15H2. The van der Waals surface area contributed by atoms with E-state index in [1.807, 2.05) is 12.1 Å². The summed E-state index contributed by atoms with van der Waals surface area (Å²) >= 11 is 10.5. The van der Waals surface area contributed by atoms with Crippen molar-refractivity contribution in [2.24, 2.45) is 5.73 Å². The molecule has 1 aromatic carbocycles. The first-order valence-corrected chi connectivity index (χ1v) is 6.55. The second kappa shape index (κ2) is 4.84. The zero-order valence-electron chi connectivity index (χ0n) is 8.14. The molecular formula is C11H8BrClFNS. The number of halogens is 3. The SMILES string of the molecule is NCc1ccc(-c2ccc(Br)c(Cl)c2F)s1. The van der Waals surface area contributed by atoms with Crippen LogP contribution in [-0.4, -0.2) is 0 Å². The predicted molar refractivity (Wildman–Crippen MR) is 70.3 cm³/mol. The highest BCUT2D eigenvalue weighted by molar-refractivity contribution is 9.10. The Morgan fingerprint density at radius 3 is 2.69 bits per heavy atom. The van der Waals surface area contributed by atoms with E-state index in [-0.39, 0.29) is 5.02 Å². The molecule has 0 fully saturated rings. The van der Waals surface area contributed by atoms with Gasteiger partial charge < -0.3 is 5.73 Å². The molecule has 1 heterocycles. The molecule has 2 N–H and O–H groups in total. The van der Waals surface area contributed by atoms with Crippen LogP contribution in [0.3, 0.4) is 0 Å². The molecule has 1 aromatic heterocycles. The number of hydrogen-bond donors (Lipinski definition) is 1. The second-order valence-electron chi connectivity index (χ2n) is 3.19. The molecule has 0 aliphatic carbocycles. The van der Waals surface area contributed by atoms with E-state index in [9.17, 15) is 4.39 Å². The Hall–Kier alpha value is -0.420. The molecule has 2 aromatic rings. The van der Waals surface area contributed by atoms with Crippen LogP contribution in [0.4, 0.5) is 4.39 Å². The third-order valence-electron chi connectivity index (χ3n) is 2.16. The predicted octanol–water partition coefficient (Wildman–Crippen LogP) is 4.43. The van der Waals surface area contributed by atoms with Crippen LogP contribution in [0.2, 0.25) is 5.02 Å². The fourth-order valence-electron chi connectivity index (χ4n) is 1.35. The van der Waals surface area contributed by atoms with E-state index >= 15 is 0 Å². The van der Waals surface area contributed by atoms with E-state index in [1.54, 1.807) is 12.1 Å². The summed E-state index contributed by atoms with van der Waals surface area (Å²) in [7, 11) is 0. The van der Waals surface area contributed by atoms with Gasteiger partial charge in [-0.1, -0.05) is 11.6 Å². The summed E-state index contributed by atoms with van der Waals surface area (Å²) in [5.74, 6) is -0.401. The molecule has 0 unspecified atom stereocenters. The average molecular weight is 321 g/mol. The number of hydrogen-bond acceptors (Lipinski definition) is 2. The van der Waals surface area contributed by atoms with Gasteiger partial charge >= 0.3 is 0 Å². The van der Waals surface area contributed by atoms with Crippen molar-refractivity contribution < 1.29 is 4.39 Å². The van der Waals surface area contributed by atoms with Crippen molar-refractivity contribution in [2.75, 3.05) is 0 Å². The molecule has 0 saturated carbocycles. The van der Waals surface area contributed by atoms with Gasteiger partial charge in [-0.2, -0.15) is 0 Å². The third kappa shape index (κ3) is 2.15. The van der Waals surface area contributed by atoms with Crippen molar-refractivity contribution in [3.05, 3.63) is 44.5 Å². The van der Waals surface area contributed by atoms with Crippen LogP contribution >= 0.6 is 38.9 Å². The van der Waals surface area contributed by atoms with Gasteiger partial charge in [0.25, 0.3) is 0 Å². The van der Waals surface area contributed by atoms with Gasteiger partial charge in [-0.25, -0.2) is 4.39 Å². The van der Waals surface area contributed by atoms with Gasteiger partial charge in [0.2, 0.25) is 0 Å². The van der Waals surface area contributed by atoms with Gasteiger partial charge in [0.15, 0.2) is 5.82 Å². The summed E-state index contributed by atoms with van der Waals surface area (Å²) < 4.78 is 14.4. The lowest BCUT2D eigenvalue weighted by Gasteiger charge is -2.03. The van der Waals surface area contributed by atoms with Crippen molar-refractivity contribution in [1.82, 2.24) is 0 Å². The van der Waals surface area contributed by atoms with E-state index < -0.39 is 5.82 Å². The van der Waals surface area contributed by atoms with Crippen molar-refractivity contribution in [2.45, 2.75) is 6.54 Å². The maximum atomic E-state index is 13.9. The fourth-order valence-corrected chi connectivity index (χ4v) is 2.73. The fraction of sp³-hybridized carbons (Fsp3) is 0.0909. The average Bonchev–Trinajstić information content (AvgIpc) is 2.74. The molecule has 1 nitrogen and oxygen atoms in total. The van der Waals surface area contributed by atoms with Gasteiger partial charge in [-0.15, -0.1) is 11.3 Å². The Bertz CT molecular complexity index is 527. The normalized spacial score (nSPS) is 10.8. The Kier molecular flexibility index (Phi) is 3.64. The van der Waals surface area contributed by atoms with Crippen LogP contribution in [0.5, 0.6) is 0 Å². The molecule has 0 radical (unpaired) electrons. The molecule has 84 valence electrons. The lowest BCUT2D eigenvalue weighted by Crippen LogP contribution is -1.91. The van der Waals surface area contributed by atoms with E-state index in [0.29, 0.717) is 16.6 Å². The topological polar surface area (TPSA) is 26.0 Å². The molecule has 0 bridgehead atoms. The van der Waals surface area contributed by atoms with Gasteiger partial charge in [0.05, 0.1) is 5.02 Å². The van der Waals surface area contributed by atoms with Crippen LogP contribution in [0.25, 0.3) is 10.4 Å².